The van der Waals surface area contributed by atoms with Crippen molar-refractivity contribution in [2.75, 3.05) is 23.7 Å². The first-order chi connectivity index (χ1) is 12.7. The van der Waals surface area contributed by atoms with Gasteiger partial charge in [0.2, 0.25) is 0 Å². The average Bonchev–Trinajstić information content (AvgIpc) is 2.69. The van der Waals surface area contributed by atoms with Crippen LogP contribution in [0.15, 0.2) is 49.1 Å². The van der Waals surface area contributed by atoms with Gasteiger partial charge in [0.05, 0.1) is 6.20 Å². The number of carbonyl (C=O) groups excluding carboxylic acids is 1. The summed E-state index contributed by atoms with van der Waals surface area (Å²) in [7, 11) is 0. The Morgan fingerprint density at radius 1 is 0.923 bits per heavy atom. The smallest absolute Gasteiger partial charge is 0.271 e. The molecule has 0 aliphatic heterocycles. The summed E-state index contributed by atoms with van der Waals surface area (Å²) in [6.45, 7) is 2.91. The van der Waals surface area contributed by atoms with Gasteiger partial charge in [0.1, 0.15) is 17.3 Å². The van der Waals surface area contributed by atoms with Crippen molar-refractivity contribution in [1.29, 1.82) is 0 Å². The van der Waals surface area contributed by atoms with E-state index < -0.39 is 0 Å². The van der Waals surface area contributed by atoms with Crippen LogP contribution in [0.2, 0.25) is 0 Å². The molecule has 3 aromatic heterocycles. The van der Waals surface area contributed by atoms with Crippen molar-refractivity contribution >= 4 is 23.4 Å². The topological polar surface area (TPSA) is 118 Å². The minimum absolute atomic E-state index is 0.267. The van der Waals surface area contributed by atoms with Crippen LogP contribution in [-0.4, -0.2) is 44.1 Å². The van der Waals surface area contributed by atoms with E-state index in [1.54, 1.807) is 18.3 Å². The Balaban J connectivity index is 1.43. The van der Waals surface area contributed by atoms with Gasteiger partial charge in [0.15, 0.2) is 5.82 Å². The highest BCUT2D eigenvalue weighted by Gasteiger charge is 2.05. The molecule has 0 spiro atoms. The monoisotopic (exact) mass is 350 g/mol. The van der Waals surface area contributed by atoms with Gasteiger partial charge in [-0.2, -0.15) is 0 Å². The number of hydrogen-bond donors (Lipinski definition) is 3. The predicted octanol–water partition coefficient (Wildman–Crippen LogP) is 1.56. The van der Waals surface area contributed by atoms with Crippen LogP contribution in [-0.2, 0) is 0 Å². The molecule has 1 amide bonds. The molecule has 3 heterocycles. The van der Waals surface area contributed by atoms with E-state index in [1.807, 2.05) is 19.1 Å². The molecule has 0 aromatic carbocycles. The van der Waals surface area contributed by atoms with E-state index in [0.717, 1.165) is 5.56 Å². The van der Waals surface area contributed by atoms with Gasteiger partial charge in [-0.05, 0) is 30.7 Å². The van der Waals surface area contributed by atoms with Crippen molar-refractivity contribution < 1.29 is 4.79 Å². The molecule has 3 aromatic rings. The second-order valence-corrected chi connectivity index (χ2v) is 5.42. The Kier molecular flexibility index (Phi) is 5.61. The number of rotatable bonds is 7. The van der Waals surface area contributed by atoms with Gasteiger partial charge in [0, 0.05) is 31.7 Å². The first-order valence-corrected chi connectivity index (χ1v) is 8.02. The summed E-state index contributed by atoms with van der Waals surface area (Å²) in [5, 5.41) is 17.1. The van der Waals surface area contributed by atoms with Crippen LogP contribution < -0.4 is 16.0 Å². The summed E-state index contributed by atoms with van der Waals surface area (Å²) in [4.78, 5) is 23.9. The largest absolute Gasteiger partial charge is 0.367 e. The van der Waals surface area contributed by atoms with Gasteiger partial charge in [-0.3, -0.25) is 9.78 Å². The zero-order chi connectivity index (χ0) is 18.2. The molecule has 0 aliphatic rings. The molecule has 0 saturated carbocycles. The SMILES string of the molecule is Cc1ccc(Nc2ccc(NCCNC(=O)c3cnccn3)nn2)nc1. The van der Waals surface area contributed by atoms with Crippen molar-refractivity contribution in [3.8, 4) is 0 Å². The standard InChI is InChI=1S/C17H18N8O/c1-12-2-3-14(22-10-12)23-16-5-4-15(24-25-16)20-8-9-21-17(26)13-11-18-6-7-19-13/h2-7,10-11H,8-9H2,1H3,(H,20,24)(H,21,26)(H,22,23,25). The molecule has 0 unspecified atom stereocenters. The number of anilines is 3. The van der Waals surface area contributed by atoms with Crippen molar-refractivity contribution in [1.82, 2.24) is 30.5 Å². The van der Waals surface area contributed by atoms with E-state index >= 15 is 0 Å². The molecule has 3 N–H and O–H groups in total. The van der Waals surface area contributed by atoms with Crippen molar-refractivity contribution in [2.24, 2.45) is 0 Å². The van der Waals surface area contributed by atoms with E-state index in [2.05, 4.69) is 41.1 Å². The summed E-state index contributed by atoms with van der Waals surface area (Å²) < 4.78 is 0. The lowest BCUT2D eigenvalue weighted by atomic mass is 10.3. The van der Waals surface area contributed by atoms with E-state index in [9.17, 15) is 4.79 Å². The maximum Gasteiger partial charge on any atom is 0.271 e. The summed E-state index contributed by atoms with van der Waals surface area (Å²) in [6.07, 6.45) is 6.19. The zero-order valence-electron chi connectivity index (χ0n) is 14.2. The number of pyridine rings is 1. The number of amides is 1. The third-order valence-corrected chi connectivity index (χ3v) is 3.34. The van der Waals surface area contributed by atoms with Crippen LogP contribution in [0, 0.1) is 6.92 Å². The number of nitrogens with one attached hydrogen (secondary N) is 3. The predicted molar refractivity (Wildman–Crippen MR) is 97.1 cm³/mol. The lowest BCUT2D eigenvalue weighted by Crippen LogP contribution is -2.29. The molecule has 0 fully saturated rings. The normalized spacial score (nSPS) is 10.2. The molecule has 132 valence electrons. The molecular formula is C17H18N8O. The van der Waals surface area contributed by atoms with Gasteiger partial charge in [-0.1, -0.05) is 6.07 Å². The molecule has 0 bridgehead atoms. The van der Waals surface area contributed by atoms with Gasteiger partial charge >= 0.3 is 0 Å². The number of aromatic nitrogens is 5. The lowest BCUT2D eigenvalue weighted by Gasteiger charge is -2.08. The van der Waals surface area contributed by atoms with Crippen LogP contribution >= 0.6 is 0 Å². The third kappa shape index (κ3) is 4.94. The van der Waals surface area contributed by atoms with E-state index in [-0.39, 0.29) is 11.6 Å². The van der Waals surface area contributed by atoms with Gasteiger partial charge in [-0.25, -0.2) is 9.97 Å². The number of hydrogen-bond acceptors (Lipinski definition) is 8. The van der Waals surface area contributed by atoms with Crippen molar-refractivity contribution in [3.63, 3.8) is 0 Å². The van der Waals surface area contributed by atoms with Crippen molar-refractivity contribution in [3.05, 3.63) is 60.3 Å². The summed E-state index contributed by atoms with van der Waals surface area (Å²) in [5.74, 6) is 1.65. The maximum atomic E-state index is 11.8. The van der Waals surface area contributed by atoms with Crippen LogP contribution in [0.1, 0.15) is 16.1 Å². The number of carbonyl (C=O) groups is 1. The zero-order valence-corrected chi connectivity index (χ0v) is 14.2. The quantitative estimate of drug-likeness (QED) is 0.550. The fraction of sp³-hybridized carbons (Fsp3) is 0.176. The Labute approximate surface area is 150 Å². The highest BCUT2D eigenvalue weighted by Crippen LogP contribution is 2.12. The Morgan fingerprint density at radius 2 is 1.73 bits per heavy atom. The number of aryl methyl sites for hydroxylation is 1. The van der Waals surface area contributed by atoms with E-state index in [0.29, 0.717) is 30.5 Å². The Morgan fingerprint density at radius 3 is 2.42 bits per heavy atom. The molecular weight excluding hydrogens is 332 g/mol. The molecule has 0 atom stereocenters. The fourth-order valence-corrected chi connectivity index (χ4v) is 2.04. The highest BCUT2D eigenvalue weighted by atomic mass is 16.1. The minimum Gasteiger partial charge on any atom is -0.367 e. The Hall–Kier alpha value is -3.62. The highest BCUT2D eigenvalue weighted by molar-refractivity contribution is 5.91. The second-order valence-electron chi connectivity index (χ2n) is 5.42. The molecule has 0 radical (unpaired) electrons. The van der Waals surface area contributed by atoms with Crippen LogP contribution in [0.4, 0.5) is 17.5 Å². The van der Waals surface area contributed by atoms with Crippen LogP contribution in [0.3, 0.4) is 0 Å². The van der Waals surface area contributed by atoms with Crippen LogP contribution in [0.25, 0.3) is 0 Å². The maximum absolute atomic E-state index is 11.8. The van der Waals surface area contributed by atoms with Crippen molar-refractivity contribution in [2.45, 2.75) is 6.92 Å². The molecule has 0 saturated heterocycles. The summed E-state index contributed by atoms with van der Waals surface area (Å²) in [5.41, 5.74) is 1.38. The van der Waals surface area contributed by atoms with Crippen LogP contribution in [0.5, 0.6) is 0 Å². The summed E-state index contributed by atoms with van der Waals surface area (Å²) in [6, 6.07) is 7.44. The fourth-order valence-electron chi connectivity index (χ4n) is 2.04. The first-order valence-electron chi connectivity index (χ1n) is 8.02. The van der Waals surface area contributed by atoms with E-state index in [4.69, 9.17) is 0 Å². The third-order valence-electron chi connectivity index (χ3n) is 3.34. The van der Waals surface area contributed by atoms with Gasteiger partial charge in [-0.15, -0.1) is 10.2 Å². The Bertz CT molecular complexity index is 837. The second kappa shape index (κ2) is 8.47. The average molecular weight is 350 g/mol. The molecule has 9 heteroatoms. The molecule has 9 nitrogen and oxygen atoms in total. The minimum atomic E-state index is -0.267. The molecule has 0 aliphatic carbocycles. The van der Waals surface area contributed by atoms with E-state index in [1.165, 1.54) is 18.6 Å². The first kappa shape index (κ1) is 17.2. The molecule has 3 rings (SSSR count). The molecule has 26 heavy (non-hydrogen) atoms. The summed E-state index contributed by atoms with van der Waals surface area (Å²) >= 11 is 0. The lowest BCUT2D eigenvalue weighted by molar-refractivity contribution is 0.0950. The number of nitrogens with zero attached hydrogens (tertiary/aromatic N) is 5. The van der Waals surface area contributed by atoms with Gasteiger partial charge < -0.3 is 16.0 Å². The van der Waals surface area contributed by atoms with Gasteiger partial charge in [0.25, 0.3) is 5.91 Å².